The Bertz CT molecular complexity index is 288. The van der Waals surface area contributed by atoms with Gasteiger partial charge in [0.1, 0.15) is 5.72 Å². The first kappa shape index (κ1) is 9.69. The molecule has 1 fully saturated rings. The average molecular weight is 191 g/mol. The van der Waals surface area contributed by atoms with Crippen molar-refractivity contribution >= 4 is 0 Å². The number of likely N-dealkylation sites (tertiary alicyclic amines) is 1. The Hall–Kier alpha value is -0.860. The van der Waals surface area contributed by atoms with Gasteiger partial charge in [0.05, 0.1) is 0 Å². The van der Waals surface area contributed by atoms with Crippen molar-refractivity contribution < 1.29 is 5.11 Å². The van der Waals surface area contributed by atoms with Gasteiger partial charge in [-0.25, -0.2) is 0 Å². The van der Waals surface area contributed by atoms with Crippen molar-refractivity contribution in [2.75, 3.05) is 13.1 Å². The molecular formula is C12H17NO. The normalized spacial score (nSPS) is 22.1. The third-order valence-corrected chi connectivity index (χ3v) is 3.04. The van der Waals surface area contributed by atoms with E-state index in [0.29, 0.717) is 0 Å². The van der Waals surface area contributed by atoms with Crippen LogP contribution in [0.1, 0.15) is 25.3 Å². The van der Waals surface area contributed by atoms with Crippen LogP contribution in [0.4, 0.5) is 0 Å². The standard InChI is InChI=1S/C12H17NO/c1-12(14,13-9-5-6-10-13)11-7-3-2-4-8-11/h2-4,7-8,14H,5-6,9-10H2,1H3. The summed E-state index contributed by atoms with van der Waals surface area (Å²) in [5, 5.41) is 10.4. The van der Waals surface area contributed by atoms with Crippen LogP contribution in [0.2, 0.25) is 0 Å². The Morgan fingerprint density at radius 2 is 1.71 bits per heavy atom. The van der Waals surface area contributed by atoms with Crippen molar-refractivity contribution in [3.8, 4) is 0 Å². The molecular weight excluding hydrogens is 174 g/mol. The summed E-state index contributed by atoms with van der Waals surface area (Å²) in [6.07, 6.45) is 2.39. The van der Waals surface area contributed by atoms with Gasteiger partial charge in [-0.05, 0) is 25.3 Å². The number of aliphatic hydroxyl groups is 1. The molecule has 2 nitrogen and oxygen atoms in total. The second kappa shape index (κ2) is 3.71. The first-order chi connectivity index (χ1) is 6.71. The van der Waals surface area contributed by atoms with Gasteiger partial charge in [-0.15, -0.1) is 0 Å². The Kier molecular flexibility index (Phi) is 2.57. The van der Waals surface area contributed by atoms with Crippen LogP contribution in [-0.2, 0) is 5.72 Å². The molecule has 1 unspecified atom stereocenters. The molecule has 0 saturated carbocycles. The van der Waals surface area contributed by atoms with E-state index in [-0.39, 0.29) is 0 Å². The minimum absolute atomic E-state index is 0.794. The largest absolute Gasteiger partial charge is 0.372 e. The number of nitrogens with zero attached hydrogens (tertiary/aromatic N) is 1. The first-order valence-corrected chi connectivity index (χ1v) is 5.24. The highest BCUT2D eigenvalue weighted by atomic mass is 16.3. The van der Waals surface area contributed by atoms with Crippen molar-refractivity contribution in [1.82, 2.24) is 4.90 Å². The van der Waals surface area contributed by atoms with Gasteiger partial charge in [0.15, 0.2) is 0 Å². The molecule has 1 aromatic carbocycles. The highest BCUT2D eigenvalue weighted by Gasteiger charge is 2.32. The molecule has 0 amide bonds. The minimum atomic E-state index is -0.794. The van der Waals surface area contributed by atoms with Gasteiger partial charge in [-0.1, -0.05) is 30.3 Å². The molecule has 0 bridgehead atoms. The third kappa shape index (κ3) is 1.68. The molecule has 1 heterocycles. The van der Waals surface area contributed by atoms with Crippen molar-refractivity contribution in [1.29, 1.82) is 0 Å². The van der Waals surface area contributed by atoms with Crippen LogP contribution in [0, 0.1) is 0 Å². The molecule has 1 aliphatic heterocycles. The molecule has 1 atom stereocenters. The van der Waals surface area contributed by atoms with Gasteiger partial charge in [-0.3, -0.25) is 4.90 Å². The van der Waals surface area contributed by atoms with Gasteiger partial charge >= 0.3 is 0 Å². The van der Waals surface area contributed by atoms with Crippen LogP contribution >= 0.6 is 0 Å². The Morgan fingerprint density at radius 3 is 2.29 bits per heavy atom. The van der Waals surface area contributed by atoms with E-state index in [4.69, 9.17) is 0 Å². The Labute approximate surface area is 85.2 Å². The fraction of sp³-hybridized carbons (Fsp3) is 0.500. The molecule has 1 N–H and O–H groups in total. The minimum Gasteiger partial charge on any atom is -0.372 e. The van der Waals surface area contributed by atoms with Crippen LogP contribution in [-0.4, -0.2) is 23.1 Å². The van der Waals surface area contributed by atoms with E-state index < -0.39 is 5.72 Å². The van der Waals surface area contributed by atoms with Crippen molar-refractivity contribution in [3.63, 3.8) is 0 Å². The maximum absolute atomic E-state index is 10.4. The molecule has 1 aromatic rings. The lowest BCUT2D eigenvalue weighted by atomic mass is 10.0. The van der Waals surface area contributed by atoms with E-state index in [2.05, 4.69) is 4.90 Å². The SMILES string of the molecule is CC(O)(c1ccccc1)N1CCCC1. The summed E-state index contributed by atoms with van der Waals surface area (Å²) in [5.74, 6) is 0. The van der Waals surface area contributed by atoms with Crippen LogP contribution in [0.25, 0.3) is 0 Å². The molecule has 76 valence electrons. The van der Waals surface area contributed by atoms with Crippen molar-refractivity contribution in [2.24, 2.45) is 0 Å². The maximum atomic E-state index is 10.4. The molecule has 14 heavy (non-hydrogen) atoms. The maximum Gasteiger partial charge on any atom is 0.141 e. The molecule has 1 saturated heterocycles. The highest BCUT2D eigenvalue weighted by molar-refractivity contribution is 5.21. The lowest BCUT2D eigenvalue weighted by Crippen LogP contribution is -2.41. The van der Waals surface area contributed by atoms with Gasteiger partial charge in [0, 0.05) is 13.1 Å². The highest BCUT2D eigenvalue weighted by Crippen LogP contribution is 2.28. The first-order valence-electron chi connectivity index (χ1n) is 5.24. The summed E-state index contributed by atoms with van der Waals surface area (Å²) in [6, 6.07) is 9.89. The third-order valence-electron chi connectivity index (χ3n) is 3.04. The zero-order chi connectivity index (χ0) is 10.0. The van der Waals surface area contributed by atoms with E-state index in [0.717, 1.165) is 18.7 Å². The zero-order valence-electron chi connectivity index (χ0n) is 8.61. The number of rotatable bonds is 2. The Balaban J connectivity index is 2.22. The topological polar surface area (TPSA) is 23.5 Å². The smallest absolute Gasteiger partial charge is 0.141 e. The molecule has 2 heteroatoms. The number of hydrogen-bond donors (Lipinski definition) is 1. The Morgan fingerprint density at radius 1 is 1.14 bits per heavy atom. The summed E-state index contributed by atoms with van der Waals surface area (Å²) in [5.41, 5.74) is 0.194. The van der Waals surface area contributed by atoms with E-state index in [9.17, 15) is 5.11 Å². The molecule has 0 spiro atoms. The van der Waals surface area contributed by atoms with E-state index in [1.165, 1.54) is 12.8 Å². The van der Waals surface area contributed by atoms with Crippen molar-refractivity contribution in [2.45, 2.75) is 25.5 Å². The van der Waals surface area contributed by atoms with Crippen LogP contribution in [0.5, 0.6) is 0 Å². The molecule has 2 rings (SSSR count). The second-order valence-electron chi connectivity index (χ2n) is 4.08. The zero-order valence-corrected chi connectivity index (χ0v) is 8.61. The predicted molar refractivity (Wildman–Crippen MR) is 56.8 cm³/mol. The summed E-state index contributed by atoms with van der Waals surface area (Å²) >= 11 is 0. The van der Waals surface area contributed by atoms with Gasteiger partial charge in [0.2, 0.25) is 0 Å². The molecule has 0 radical (unpaired) electrons. The summed E-state index contributed by atoms with van der Waals surface area (Å²) in [7, 11) is 0. The quantitative estimate of drug-likeness (QED) is 0.772. The van der Waals surface area contributed by atoms with Gasteiger partial charge in [-0.2, -0.15) is 0 Å². The van der Waals surface area contributed by atoms with Gasteiger partial charge < -0.3 is 5.11 Å². The van der Waals surface area contributed by atoms with E-state index >= 15 is 0 Å². The summed E-state index contributed by atoms with van der Waals surface area (Å²) < 4.78 is 0. The van der Waals surface area contributed by atoms with Crippen LogP contribution < -0.4 is 0 Å². The van der Waals surface area contributed by atoms with Crippen LogP contribution in [0.15, 0.2) is 30.3 Å². The second-order valence-corrected chi connectivity index (χ2v) is 4.08. The monoisotopic (exact) mass is 191 g/mol. The lowest BCUT2D eigenvalue weighted by Gasteiger charge is -2.34. The van der Waals surface area contributed by atoms with Gasteiger partial charge in [0.25, 0.3) is 0 Å². The van der Waals surface area contributed by atoms with Crippen molar-refractivity contribution in [3.05, 3.63) is 35.9 Å². The van der Waals surface area contributed by atoms with E-state index in [1.54, 1.807) is 0 Å². The summed E-state index contributed by atoms with van der Waals surface area (Å²) in [4.78, 5) is 2.14. The summed E-state index contributed by atoms with van der Waals surface area (Å²) in [6.45, 7) is 3.89. The number of hydrogen-bond acceptors (Lipinski definition) is 2. The van der Waals surface area contributed by atoms with E-state index in [1.807, 2.05) is 37.3 Å². The number of benzene rings is 1. The predicted octanol–water partition coefficient (Wildman–Crippen LogP) is 1.95. The van der Waals surface area contributed by atoms with Crippen LogP contribution in [0.3, 0.4) is 0 Å². The molecule has 0 aromatic heterocycles. The molecule has 0 aliphatic carbocycles. The lowest BCUT2D eigenvalue weighted by molar-refractivity contribution is -0.0882. The fourth-order valence-corrected chi connectivity index (χ4v) is 2.09. The average Bonchev–Trinajstić information content (AvgIpc) is 2.72. The molecule has 1 aliphatic rings. The fourth-order valence-electron chi connectivity index (χ4n) is 2.09.